The van der Waals surface area contributed by atoms with Gasteiger partial charge in [-0.3, -0.25) is 4.79 Å². The van der Waals surface area contributed by atoms with E-state index in [4.69, 9.17) is 9.68 Å². The number of fused-ring (bicyclic) bond motifs is 1. The maximum absolute atomic E-state index is 12.1. The van der Waals surface area contributed by atoms with Gasteiger partial charge in [-0.1, -0.05) is 6.07 Å². The SMILES string of the molecule is CC(O)c1ccc(-c2ccc3nc(Cc4nnc(CC(=O)NC5(C#N)CC5)o4)sc3c2)s1. The number of carbonyl (C=O) groups excluding carboxylic acids is 1. The summed E-state index contributed by atoms with van der Waals surface area (Å²) in [6.07, 6.45) is 1.22. The molecule has 3 heterocycles. The van der Waals surface area contributed by atoms with Crippen molar-refractivity contribution in [3.8, 4) is 16.5 Å². The van der Waals surface area contributed by atoms with Crippen LogP contribution in [0.4, 0.5) is 0 Å². The molecule has 32 heavy (non-hydrogen) atoms. The Bertz CT molecular complexity index is 1340. The number of rotatable bonds is 7. The smallest absolute Gasteiger partial charge is 0.230 e. The van der Waals surface area contributed by atoms with Crippen LogP contribution < -0.4 is 5.32 Å². The maximum atomic E-state index is 12.1. The molecule has 1 atom stereocenters. The Labute approximate surface area is 191 Å². The number of thiazole rings is 1. The molecule has 1 amide bonds. The van der Waals surface area contributed by atoms with Crippen molar-refractivity contribution in [3.05, 3.63) is 52.0 Å². The molecule has 3 aromatic heterocycles. The summed E-state index contributed by atoms with van der Waals surface area (Å²) >= 11 is 3.14. The fourth-order valence-corrected chi connectivity index (χ4v) is 5.27. The van der Waals surface area contributed by atoms with E-state index in [2.05, 4.69) is 32.6 Å². The van der Waals surface area contributed by atoms with Crippen molar-refractivity contribution in [1.82, 2.24) is 20.5 Å². The molecule has 0 aliphatic heterocycles. The van der Waals surface area contributed by atoms with Crippen molar-refractivity contribution in [2.45, 2.75) is 44.2 Å². The summed E-state index contributed by atoms with van der Waals surface area (Å²) in [7, 11) is 0. The van der Waals surface area contributed by atoms with Gasteiger partial charge < -0.3 is 14.8 Å². The Kier molecular flexibility index (Phi) is 5.25. The Morgan fingerprint density at radius 1 is 1.28 bits per heavy atom. The standard InChI is InChI=1S/C22H19N5O3S2/c1-12(28)15-4-5-16(31-15)13-2-3-14-17(8-13)32-21(24-14)10-20-27-26-19(30-20)9-18(29)25-22(11-23)6-7-22/h2-5,8,12,28H,6-7,9-10H2,1H3,(H,25,29). The van der Waals surface area contributed by atoms with Crippen molar-refractivity contribution in [3.63, 3.8) is 0 Å². The topological polar surface area (TPSA) is 125 Å². The van der Waals surface area contributed by atoms with Gasteiger partial charge in [-0.05, 0) is 49.6 Å². The molecule has 1 fully saturated rings. The molecular weight excluding hydrogens is 446 g/mol. The normalized spacial score (nSPS) is 15.4. The molecule has 162 valence electrons. The van der Waals surface area contributed by atoms with E-state index in [-0.39, 0.29) is 18.2 Å². The molecule has 1 saturated carbocycles. The molecule has 5 rings (SSSR count). The second-order valence-electron chi connectivity index (χ2n) is 7.85. The van der Waals surface area contributed by atoms with Gasteiger partial charge in [-0.25, -0.2) is 4.98 Å². The lowest BCUT2D eigenvalue weighted by molar-refractivity contribution is -0.121. The van der Waals surface area contributed by atoms with Crippen molar-refractivity contribution < 1.29 is 14.3 Å². The highest BCUT2D eigenvalue weighted by Gasteiger charge is 2.44. The minimum absolute atomic E-state index is 0.0467. The Morgan fingerprint density at radius 3 is 2.81 bits per heavy atom. The number of nitrogens with one attached hydrogen (secondary N) is 1. The van der Waals surface area contributed by atoms with Gasteiger partial charge in [0.25, 0.3) is 0 Å². The summed E-state index contributed by atoms with van der Waals surface area (Å²) < 4.78 is 6.67. The minimum Gasteiger partial charge on any atom is -0.424 e. The first kappa shape index (κ1) is 20.8. The highest BCUT2D eigenvalue weighted by molar-refractivity contribution is 7.18. The van der Waals surface area contributed by atoms with Gasteiger partial charge in [0.15, 0.2) is 0 Å². The molecule has 0 spiro atoms. The summed E-state index contributed by atoms with van der Waals surface area (Å²) in [6, 6.07) is 12.2. The van der Waals surface area contributed by atoms with Gasteiger partial charge in [0.2, 0.25) is 17.7 Å². The van der Waals surface area contributed by atoms with Crippen molar-refractivity contribution in [1.29, 1.82) is 5.26 Å². The Morgan fingerprint density at radius 2 is 2.09 bits per heavy atom. The molecule has 0 saturated heterocycles. The lowest BCUT2D eigenvalue weighted by Gasteiger charge is -2.06. The van der Waals surface area contributed by atoms with E-state index in [0.29, 0.717) is 25.2 Å². The van der Waals surface area contributed by atoms with Crippen LogP contribution in [0, 0.1) is 11.3 Å². The zero-order valence-corrected chi connectivity index (χ0v) is 18.8. The third-order valence-corrected chi connectivity index (χ3v) is 7.54. The van der Waals surface area contributed by atoms with E-state index in [9.17, 15) is 9.90 Å². The monoisotopic (exact) mass is 465 g/mol. The summed E-state index contributed by atoms with van der Waals surface area (Å²) in [5.41, 5.74) is 1.27. The fraction of sp³-hybridized carbons (Fsp3) is 0.318. The average molecular weight is 466 g/mol. The van der Waals surface area contributed by atoms with Gasteiger partial charge in [0.1, 0.15) is 17.0 Å². The Hall–Kier alpha value is -3.13. The predicted octanol–water partition coefficient (Wildman–Crippen LogP) is 3.77. The molecule has 1 aliphatic rings. The molecule has 4 aromatic rings. The van der Waals surface area contributed by atoms with E-state index >= 15 is 0 Å². The van der Waals surface area contributed by atoms with Crippen molar-refractivity contribution in [2.75, 3.05) is 0 Å². The molecule has 0 radical (unpaired) electrons. The van der Waals surface area contributed by atoms with E-state index in [1.165, 1.54) is 0 Å². The van der Waals surface area contributed by atoms with Crippen LogP contribution in [-0.2, 0) is 17.6 Å². The van der Waals surface area contributed by atoms with E-state index in [0.717, 1.165) is 30.5 Å². The maximum Gasteiger partial charge on any atom is 0.230 e. The third kappa shape index (κ3) is 4.27. The zero-order valence-electron chi connectivity index (χ0n) is 17.2. The largest absolute Gasteiger partial charge is 0.424 e. The van der Waals surface area contributed by atoms with Crippen molar-refractivity contribution >= 4 is 38.8 Å². The zero-order chi connectivity index (χ0) is 22.3. The highest BCUT2D eigenvalue weighted by atomic mass is 32.1. The molecule has 0 bridgehead atoms. The average Bonchev–Trinajstić information content (AvgIpc) is 3.15. The van der Waals surface area contributed by atoms with Crippen LogP contribution in [0.15, 0.2) is 34.7 Å². The molecule has 10 heteroatoms. The number of thiophene rings is 1. The van der Waals surface area contributed by atoms with Crippen LogP contribution in [0.25, 0.3) is 20.7 Å². The van der Waals surface area contributed by atoms with E-state index < -0.39 is 11.6 Å². The lowest BCUT2D eigenvalue weighted by Crippen LogP contribution is -2.36. The molecule has 8 nitrogen and oxygen atoms in total. The third-order valence-electron chi connectivity index (χ3n) is 5.22. The number of aliphatic hydroxyl groups is 1. The quantitative estimate of drug-likeness (QED) is 0.426. The van der Waals surface area contributed by atoms with Gasteiger partial charge >= 0.3 is 0 Å². The number of amides is 1. The lowest BCUT2D eigenvalue weighted by atomic mass is 10.2. The molecule has 1 unspecified atom stereocenters. The molecule has 1 aliphatic carbocycles. The highest BCUT2D eigenvalue weighted by Crippen LogP contribution is 2.35. The number of nitriles is 1. The number of aromatic nitrogens is 3. The van der Waals surface area contributed by atoms with Crippen LogP contribution in [0.3, 0.4) is 0 Å². The predicted molar refractivity (Wildman–Crippen MR) is 120 cm³/mol. The number of hydrogen-bond donors (Lipinski definition) is 2. The van der Waals surface area contributed by atoms with Gasteiger partial charge in [-0.15, -0.1) is 32.9 Å². The van der Waals surface area contributed by atoms with Crippen molar-refractivity contribution in [2.24, 2.45) is 0 Å². The van der Waals surface area contributed by atoms with Crippen LogP contribution in [0.2, 0.25) is 0 Å². The summed E-state index contributed by atoms with van der Waals surface area (Å²) in [4.78, 5) is 18.8. The first-order valence-corrected chi connectivity index (χ1v) is 11.8. The van der Waals surface area contributed by atoms with Crippen LogP contribution in [0.1, 0.15) is 47.5 Å². The van der Waals surface area contributed by atoms with Gasteiger partial charge in [0.05, 0.1) is 28.8 Å². The second-order valence-corrected chi connectivity index (χ2v) is 10.1. The minimum atomic E-state index is -0.708. The summed E-state index contributed by atoms with van der Waals surface area (Å²) in [6.45, 7) is 1.76. The van der Waals surface area contributed by atoms with Crippen LogP contribution in [0.5, 0.6) is 0 Å². The molecule has 2 N–H and O–H groups in total. The molecular formula is C22H19N5O3S2. The second kappa shape index (κ2) is 8.09. The first-order valence-electron chi connectivity index (χ1n) is 10.1. The number of aliphatic hydroxyl groups excluding tert-OH is 1. The summed E-state index contributed by atoms with van der Waals surface area (Å²) in [5.74, 6) is 0.327. The number of carbonyl (C=O) groups is 1. The number of benzene rings is 1. The number of nitrogens with zero attached hydrogens (tertiary/aromatic N) is 4. The number of hydrogen-bond acceptors (Lipinski definition) is 9. The Balaban J connectivity index is 1.27. The van der Waals surface area contributed by atoms with Crippen LogP contribution >= 0.6 is 22.7 Å². The van der Waals surface area contributed by atoms with E-state index in [1.807, 2.05) is 24.3 Å². The first-order chi connectivity index (χ1) is 15.4. The van der Waals surface area contributed by atoms with Gasteiger partial charge in [-0.2, -0.15) is 5.26 Å². The van der Waals surface area contributed by atoms with Crippen LogP contribution in [-0.4, -0.2) is 31.7 Å². The summed E-state index contributed by atoms with van der Waals surface area (Å²) in [5, 5.41) is 30.4. The molecule has 1 aromatic carbocycles. The van der Waals surface area contributed by atoms with E-state index in [1.54, 1.807) is 29.6 Å². The van der Waals surface area contributed by atoms with Gasteiger partial charge in [0, 0.05) is 9.75 Å². The fourth-order valence-electron chi connectivity index (χ4n) is 3.33.